The van der Waals surface area contributed by atoms with Gasteiger partial charge in [-0.15, -0.1) is 0 Å². The van der Waals surface area contributed by atoms with Gasteiger partial charge in [0, 0.05) is 6.20 Å². The lowest BCUT2D eigenvalue weighted by Gasteiger charge is -1.99. The van der Waals surface area contributed by atoms with E-state index in [0.717, 1.165) is 11.3 Å². The van der Waals surface area contributed by atoms with Crippen LogP contribution >= 0.6 is 0 Å². The number of nitrogens with zero attached hydrogens (tertiary/aromatic N) is 2. The average molecular weight is 255 g/mol. The zero-order chi connectivity index (χ0) is 13.5. The zero-order valence-electron chi connectivity index (χ0n) is 10.4. The summed E-state index contributed by atoms with van der Waals surface area (Å²) in [5, 5.41) is 3.87. The first-order valence-corrected chi connectivity index (χ1v) is 5.68. The van der Waals surface area contributed by atoms with E-state index in [9.17, 15) is 4.79 Å². The van der Waals surface area contributed by atoms with E-state index < -0.39 is 0 Å². The van der Waals surface area contributed by atoms with Crippen LogP contribution in [0.3, 0.4) is 0 Å². The van der Waals surface area contributed by atoms with Gasteiger partial charge in [-0.25, -0.2) is 5.43 Å². The van der Waals surface area contributed by atoms with Gasteiger partial charge in [0.1, 0.15) is 11.4 Å². The van der Waals surface area contributed by atoms with Gasteiger partial charge in [-0.1, -0.05) is 6.07 Å². The Morgan fingerprint density at radius 3 is 2.68 bits per heavy atom. The number of hydrogen-bond acceptors (Lipinski definition) is 4. The van der Waals surface area contributed by atoms with Gasteiger partial charge >= 0.3 is 0 Å². The predicted molar refractivity (Wildman–Crippen MR) is 72.3 cm³/mol. The minimum Gasteiger partial charge on any atom is -0.497 e. The van der Waals surface area contributed by atoms with Gasteiger partial charge in [-0.05, 0) is 42.0 Å². The summed E-state index contributed by atoms with van der Waals surface area (Å²) in [4.78, 5) is 15.6. The summed E-state index contributed by atoms with van der Waals surface area (Å²) >= 11 is 0. The minimum atomic E-state index is -0.342. The maximum absolute atomic E-state index is 11.6. The number of amides is 1. The van der Waals surface area contributed by atoms with E-state index in [-0.39, 0.29) is 5.91 Å². The van der Waals surface area contributed by atoms with Crippen molar-refractivity contribution in [2.45, 2.75) is 0 Å². The number of aromatic nitrogens is 1. The molecule has 1 N–H and O–H groups in total. The molecule has 0 saturated heterocycles. The largest absolute Gasteiger partial charge is 0.497 e. The number of hydrazone groups is 1. The summed E-state index contributed by atoms with van der Waals surface area (Å²) in [5.74, 6) is 0.431. The molecule has 1 heterocycles. The molecular formula is C14H13N3O2. The summed E-state index contributed by atoms with van der Waals surface area (Å²) in [5.41, 5.74) is 3.60. The number of pyridine rings is 1. The number of ether oxygens (including phenoxy) is 1. The second kappa shape index (κ2) is 6.30. The van der Waals surface area contributed by atoms with Crippen molar-refractivity contribution in [2.24, 2.45) is 5.10 Å². The summed E-state index contributed by atoms with van der Waals surface area (Å²) < 4.78 is 5.05. The van der Waals surface area contributed by atoms with Gasteiger partial charge in [0.2, 0.25) is 0 Å². The predicted octanol–water partition coefficient (Wildman–Crippen LogP) is 1.85. The quantitative estimate of drug-likeness (QED) is 0.670. The molecule has 1 aromatic carbocycles. The van der Waals surface area contributed by atoms with E-state index in [4.69, 9.17) is 4.74 Å². The van der Waals surface area contributed by atoms with E-state index >= 15 is 0 Å². The first-order chi connectivity index (χ1) is 9.29. The van der Waals surface area contributed by atoms with E-state index in [1.54, 1.807) is 37.7 Å². The topological polar surface area (TPSA) is 63.6 Å². The highest BCUT2D eigenvalue weighted by Gasteiger charge is 2.03. The number of rotatable bonds is 4. The van der Waals surface area contributed by atoms with Crippen LogP contribution in [0, 0.1) is 0 Å². The number of carbonyl (C=O) groups is 1. The fraction of sp³-hybridized carbons (Fsp3) is 0.0714. The fourth-order valence-corrected chi connectivity index (χ4v) is 1.41. The summed E-state index contributed by atoms with van der Waals surface area (Å²) in [7, 11) is 1.61. The van der Waals surface area contributed by atoms with Crippen LogP contribution in [-0.4, -0.2) is 24.2 Å². The minimum absolute atomic E-state index is 0.328. The summed E-state index contributed by atoms with van der Waals surface area (Å²) in [6, 6.07) is 12.4. The lowest BCUT2D eigenvalue weighted by Crippen LogP contribution is -2.18. The standard InChI is InChI=1S/C14H13N3O2/c1-19-12-7-5-11(6-8-12)10-16-17-14(18)13-4-2-3-9-15-13/h2-10H,1H3,(H,17,18)/b16-10+. The van der Waals surface area contributed by atoms with Crippen molar-refractivity contribution < 1.29 is 9.53 Å². The van der Waals surface area contributed by atoms with Gasteiger partial charge in [-0.3, -0.25) is 9.78 Å². The molecule has 96 valence electrons. The van der Waals surface area contributed by atoms with Crippen molar-refractivity contribution in [2.75, 3.05) is 7.11 Å². The van der Waals surface area contributed by atoms with E-state index in [2.05, 4.69) is 15.5 Å². The number of carbonyl (C=O) groups excluding carboxylic acids is 1. The van der Waals surface area contributed by atoms with Gasteiger partial charge in [0.25, 0.3) is 5.91 Å². The molecule has 0 aliphatic rings. The van der Waals surface area contributed by atoms with Crippen molar-refractivity contribution >= 4 is 12.1 Å². The van der Waals surface area contributed by atoms with Gasteiger partial charge in [0.15, 0.2) is 0 Å². The highest BCUT2D eigenvalue weighted by atomic mass is 16.5. The van der Waals surface area contributed by atoms with Crippen molar-refractivity contribution in [1.82, 2.24) is 10.4 Å². The summed E-state index contributed by atoms with van der Waals surface area (Å²) in [6.45, 7) is 0. The molecule has 0 fully saturated rings. The van der Waals surface area contributed by atoms with Crippen LogP contribution in [0.1, 0.15) is 16.1 Å². The number of hydrogen-bond donors (Lipinski definition) is 1. The Kier molecular flexibility index (Phi) is 4.23. The number of nitrogens with one attached hydrogen (secondary N) is 1. The van der Waals surface area contributed by atoms with Crippen LogP contribution in [0.2, 0.25) is 0 Å². The Balaban J connectivity index is 1.94. The molecule has 0 spiro atoms. The molecule has 0 aliphatic carbocycles. The Morgan fingerprint density at radius 1 is 1.26 bits per heavy atom. The van der Waals surface area contributed by atoms with Crippen LogP contribution < -0.4 is 10.2 Å². The zero-order valence-corrected chi connectivity index (χ0v) is 10.4. The third-order valence-electron chi connectivity index (χ3n) is 2.39. The smallest absolute Gasteiger partial charge is 0.289 e. The molecule has 0 unspecified atom stereocenters. The molecule has 0 saturated carbocycles. The average Bonchev–Trinajstić information content (AvgIpc) is 2.49. The molecule has 1 amide bonds. The third kappa shape index (κ3) is 3.64. The molecule has 5 nitrogen and oxygen atoms in total. The van der Waals surface area contributed by atoms with Crippen LogP contribution in [0.4, 0.5) is 0 Å². The first kappa shape index (κ1) is 12.8. The van der Waals surface area contributed by atoms with E-state index in [1.165, 1.54) is 0 Å². The molecule has 1 aromatic heterocycles. The van der Waals surface area contributed by atoms with Gasteiger partial charge in [-0.2, -0.15) is 5.10 Å². The molecule has 0 aliphatic heterocycles. The second-order valence-corrected chi connectivity index (χ2v) is 3.69. The van der Waals surface area contributed by atoms with E-state index in [0.29, 0.717) is 5.69 Å². The third-order valence-corrected chi connectivity index (χ3v) is 2.39. The maximum atomic E-state index is 11.6. The van der Waals surface area contributed by atoms with Crippen LogP contribution in [0.5, 0.6) is 5.75 Å². The normalized spacial score (nSPS) is 10.4. The van der Waals surface area contributed by atoms with Crippen LogP contribution in [0.15, 0.2) is 53.8 Å². The molecule has 2 rings (SSSR count). The Morgan fingerprint density at radius 2 is 2.05 bits per heavy atom. The highest BCUT2D eigenvalue weighted by molar-refractivity contribution is 5.93. The summed E-state index contributed by atoms with van der Waals surface area (Å²) in [6.07, 6.45) is 3.11. The number of benzene rings is 1. The van der Waals surface area contributed by atoms with Crippen molar-refractivity contribution in [1.29, 1.82) is 0 Å². The Bertz CT molecular complexity index is 565. The molecule has 0 atom stereocenters. The van der Waals surface area contributed by atoms with Crippen molar-refractivity contribution in [3.05, 3.63) is 59.9 Å². The molecule has 19 heavy (non-hydrogen) atoms. The fourth-order valence-electron chi connectivity index (χ4n) is 1.41. The Hall–Kier alpha value is -2.69. The van der Waals surface area contributed by atoms with Gasteiger partial charge in [0.05, 0.1) is 13.3 Å². The molecule has 0 radical (unpaired) electrons. The van der Waals surface area contributed by atoms with Crippen molar-refractivity contribution in [3.8, 4) is 5.75 Å². The van der Waals surface area contributed by atoms with E-state index in [1.807, 2.05) is 24.3 Å². The lowest BCUT2D eigenvalue weighted by atomic mass is 10.2. The second-order valence-electron chi connectivity index (χ2n) is 3.69. The Labute approximate surface area is 110 Å². The monoisotopic (exact) mass is 255 g/mol. The first-order valence-electron chi connectivity index (χ1n) is 5.68. The molecule has 0 bridgehead atoms. The molecule has 2 aromatic rings. The SMILES string of the molecule is COc1ccc(/C=N/NC(=O)c2ccccn2)cc1. The molecular weight excluding hydrogens is 242 g/mol. The maximum Gasteiger partial charge on any atom is 0.289 e. The molecule has 5 heteroatoms. The highest BCUT2D eigenvalue weighted by Crippen LogP contribution is 2.09. The van der Waals surface area contributed by atoms with Gasteiger partial charge < -0.3 is 4.74 Å². The van der Waals surface area contributed by atoms with Crippen molar-refractivity contribution in [3.63, 3.8) is 0 Å². The van der Waals surface area contributed by atoms with Crippen LogP contribution in [-0.2, 0) is 0 Å². The lowest BCUT2D eigenvalue weighted by molar-refractivity contribution is 0.0950. The number of methoxy groups -OCH3 is 1. The van der Waals surface area contributed by atoms with Crippen LogP contribution in [0.25, 0.3) is 0 Å².